The van der Waals surface area contributed by atoms with Gasteiger partial charge in [-0.15, -0.1) is 0 Å². The van der Waals surface area contributed by atoms with Crippen molar-refractivity contribution in [1.82, 2.24) is 19.9 Å². The molecule has 0 aliphatic rings. The Morgan fingerprint density at radius 3 is 2.32 bits per heavy atom. The van der Waals surface area contributed by atoms with Crippen molar-refractivity contribution in [2.75, 3.05) is 0 Å². The maximum absolute atomic E-state index is 14.9. The molecule has 0 aliphatic carbocycles. The first-order chi connectivity index (χ1) is 17.7. The van der Waals surface area contributed by atoms with Crippen molar-refractivity contribution in [1.29, 1.82) is 0 Å². The van der Waals surface area contributed by atoms with Gasteiger partial charge in [-0.25, -0.2) is 24.1 Å². The van der Waals surface area contributed by atoms with Gasteiger partial charge in [-0.1, -0.05) is 18.2 Å². The molecular formula is C26H16F4N4O3. The van der Waals surface area contributed by atoms with Crippen molar-refractivity contribution in [3.05, 3.63) is 95.6 Å². The van der Waals surface area contributed by atoms with E-state index in [9.17, 15) is 22.4 Å². The molecule has 0 radical (unpaired) electrons. The van der Waals surface area contributed by atoms with E-state index in [0.717, 1.165) is 17.7 Å². The molecule has 0 fully saturated rings. The van der Waals surface area contributed by atoms with E-state index < -0.39 is 23.5 Å². The van der Waals surface area contributed by atoms with E-state index in [0.29, 0.717) is 11.1 Å². The van der Waals surface area contributed by atoms with Gasteiger partial charge in [0.15, 0.2) is 0 Å². The Kier molecular flexibility index (Phi) is 6.04. The molecule has 0 atom stereocenters. The van der Waals surface area contributed by atoms with Crippen LogP contribution >= 0.6 is 0 Å². The molecule has 0 amide bonds. The second-order valence-corrected chi connectivity index (χ2v) is 8.05. The molecule has 2 heterocycles. The SMILES string of the molecule is O=C(O)c1ccc(COc2ncc(-c3ccc(-c4nc5ccc(C(F)(F)F)cc5[nH]4)c(F)c3)cn2)cc1. The van der Waals surface area contributed by atoms with E-state index in [4.69, 9.17) is 9.84 Å². The standard InChI is InChI=1S/C26H16F4N4O3/c27-20-9-16(5-7-19(20)23-33-21-8-6-18(26(28,29)30)10-22(21)34-23)17-11-31-25(32-12-17)37-13-14-1-3-15(4-2-14)24(35)36/h1-12H,13H2,(H,33,34)(H,35,36). The number of nitrogens with one attached hydrogen (secondary N) is 1. The van der Waals surface area contributed by atoms with Crippen LogP contribution in [0.2, 0.25) is 0 Å². The lowest BCUT2D eigenvalue weighted by molar-refractivity contribution is -0.137. The van der Waals surface area contributed by atoms with E-state index in [1.807, 2.05) is 0 Å². The van der Waals surface area contributed by atoms with Crippen LogP contribution < -0.4 is 4.74 Å². The lowest BCUT2D eigenvalue weighted by Crippen LogP contribution is -2.04. The van der Waals surface area contributed by atoms with Crippen molar-refractivity contribution in [3.8, 4) is 28.5 Å². The number of aromatic amines is 1. The number of alkyl halides is 3. The van der Waals surface area contributed by atoms with Gasteiger partial charge in [0.05, 0.1) is 27.7 Å². The van der Waals surface area contributed by atoms with Crippen molar-refractivity contribution >= 4 is 17.0 Å². The summed E-state index contributed by atoms with van der Waals surface area (Å²) in [6.45, 7) is 0.129. The number of halogens is 4. The minimum atomic E-state index is -4.50. The first-order valence-electron chi connectivity index (χ1n) is 10.8. The second-order valence-electron chi connectivity index (χ2n) is 8.05. The number of fused-ring (bicyclic) bond motifs is 1. The highest BCUT2D eigenvalue weighted by atomic mass is 19.4. The number of hydrogen-bond donors (Lipinski definition) is 2. The molecule has 0 unspecified atom stereocenters. The van der Waals surface area contributed by atoms with E-state index in [-0.39, 0.29) is 40.6 Å². The topological polar surface area (TPSA) is 101 Å². The molecular weight excluding hydrogens is 492 g/mol. The van der Waals surface area contributed by atoms with Gasteiger partial charge in [0, 0.05) is 18.0 Å². The van der Waals surface area contributed by atoms with Crippen LogP contribution in [0, 0.1) is 5.82 Å². The maximum atomic E-state index is 14.9. The molecule has 2 N–H and O–H groups in total. The van der Waals surface area contributed by atoms with Gasteiger partial charge in [0.1, 0.15) is 18.2 Å². The lowest BCUT2D eigenvalue weighted by Gasteiger charge is -2.07. The summed E-state index contributed by atoms with van der Waals surface area (Å²) in [5, 5.41) is 8.94. The maximum Gasteiger partial charge on any atom is 0.416 e. The number of hydrogen-bond acceptors (Lipinski definition) is 5. The normalized spacial score (nSPS) is 11.6. The first kappa shape index (κ1) is 23.9. The predicted molar refractivity (Wildman–Crippen MR) is 125 cm³/mol. The van der Waals surface area contributed by atoms with Crippen LogP contribution in [-0.2, 0) is 12.8 Å². The zero-order valence-corrected chi connectivity index (χ0v) is 18.8. The monoisotopic (exact) mass is 508 g/mol. The van der Waals surface area contributed by atoms with Crippen LogP contribution in [0.1, 0.15) is 21.5 Å². The predicted octanol–water partition coefficient (Wildman–Crippen LogP) is 6.12. The van der Waals surface area contributed by atoms with Gasteiger partial charge in [-0.2, -0.15) is 13.2 Å². The number of carboxylic acids is 1. The van der Waals surface area contributed by atoms with E-state index >= 15 is 0 Å². The number of imidazole rings is 1. The molecule has 3 aromatic carbocycles. The molecule has 7 nitrogen and oxygen atoms in total. The average molecular weight is 508 g/mol. The quantitative estimate of drug-likeness (QED) is 0.268. The third-order valence-corrected chi connectivity index (χ3v) is 5.56. The number of rotatable bonds is 6. The Hall–Kier alpha value is -4.80. The van der Waals surface area contributed by atoms with Gasteiger partial charge in [-0.3, -0.25) is 0 Å². The number of nitrogens with zero attached hydrogens (tertiary/aromatic N) is 3. The summed E-state index contributed by atoms with van der Waals surface area (Å²) in [5.74, 6) is -1.54. The van der Waals surface area contributed by atoms with Crippen LogP contribution in [0.5, 0.6) is 6.01 Å². The third-order valence-electron chi connectivity index (χ3n) is 5.56. The van der Waals surface area contributed by atoms with Crippen molar-refractivity contribution in [2.45, 2.75) is 12.8 Å². The fourth-order valence-electron chi connectivity index (χ4n) is 3.63. The second kappa shape index (κ2) is 9.34. The highest BCUT2D eigenvalue weighted by molar-refractivity contribution is 5.87. The van der Waals surface area contributed by atoms with Crippen LogP contribution in [0.3, 0.4) is 0 Å². The molecule has 2 aromatic heterocycles. The fourth-order valence-corrected chi connectivity index (χ4v) is 3.63. The molecule has 0 spiro atoms. The molecule has 0 saturated heterocycles. The first-order valence-corrected chi connectivity index (χ1v) is 10.8. The van der Waals surface area contributed by atoms with Gasteiger partial charge in [0.25, 0.3) is 0 Å². The van der Waals surface area contributed by atoms with Crippen LogP contribution in [0.15, 0.2) is 73.1 Å². The molecule has 5 aromatic rings. The number of benzene rings is 3. The van der Waals surface area contributed by atoms with Crippen molar-refractivity contribution in [2.24, 2.45) is 0 Å². The molecule has 0 saturated carbocycles. The van der Waals surface area contributed by atoms with Gasteiger partial charge >= 0.3 is 18.2 Å². The largest absolute Gasteiger partial charge is 0.478 e. The minimum absolute atomic E-state index is 0.0867. The van der Waals surface area contributed by atoms with Gasteiger partial charge < -0.3 is 14.8 Å². The molecule has 0 bridgehead atoms. The summed E-state index contributed by atoms with van der Waals surface area (Å²) >= 11 is 0. The Bertz CT molecular complexity index is 1600. The zero-order chi connectivity index (χ0) is 26.2. The smallest absolute Gasteiger partial charge is 0.416 e. The number of H-pyrrole nitrogens is 1. The highest BCUT2D eigenvalue weighted by Crippen LogP contribution is 2.32. The van der Waals surface area contributed by atoms with E-state index in [1.54, 1.807) is 18.2 Å². The summed E-state index contributed by atoms with van der Waals surface area (Å²) in [6.07, 6.45) is -1.57. The molecule has 11 heteroatoms. The molecule has 37 heavy (non-hydrogen) atoms. The number of aromatic carboxylic acids is 1. The van der Waals surface area contributed by atoms with E-state index in [2.05, 4.69) is 19.9 Å². The number of carbonyl (C=O) groups is 1. The summed E-state index contributed by atoms with van der Waals surface area (Å²) in [4.78, 5) is 26.1. The number of ether oxygens (including phenoxy) is 1. The summed E-state index contributed by atoms with van der Waals surface area (Å²) in [7, 11) is 0. The van der Waals surface area contributed by atoms with Crippen molar-refractivity contribution in [3.63, 3.8) is 0 Å². The van der Waals surface area contributed by atoms with Gasteiger partial charge in [-0.05, 0) is 53.6 Å². The average Bonchev–Trinajstić information content (AvgIpc) is 3.30. The Labute approximate surface area is 206 Å². The summed E-state index contributed by atoms with van der Waals surface area (Å²) in [5.41, 5.74) is 1.60. The van der Waals surface area contributed by atoms with Crippen molar-refractivity contribution < 1.29 is 32.2 Å². The molecule has 5 rings (SSSR count). The summed E-state index contributed by atoms with van der Waals surface area (Å²) < 4.78 is 59.4. The Balaban J connectivity index is 1.30. The Morgan fingerprint density at radius 2 is 1.68 bits per heavy atom. The fraction of sp³-hybridized carbons (Fsp3) is 0.0769. The highest BCUT2D eigenvalue weighted by Gasteiger charge is 2.30. The zero-order valence-electron chi connectivity index (χ0n) is 18.8. The lowest BCUT2D eigenvalue weighted by atomic mass is 10.1. The van der Waals surface area contributed by atoms with Gasteiger partial charge in [0.2, 0.25) is 0 Å². The van der Waals surface area contributed by atoms with Crippen LogP contribution in [-0.4, -0.2) is 31.0 Å². The third kappa shape index (κ3) is 5.10. The molecule has 186 valence electrons. The molecule has 0 aliphatic heterocycles. The van der Waals surface area contributed by atoms with Crippen LogP contribution in [0.25, 0.3) is 33.5 Å². The minimum Gasteiger partial charge on any atom is -0.478 e. The van der Waals surface area contributed by atoms with Crippen LogP contribution in [0.4, 0.5) is 17.6 Å². The number of aromatic nitrogens is 4. The number of carboxylic acid groups (broad SMARTS) is 1. The summed E-state index contributed by atoms with van der Waals surface area (Å²) in [6, 6.07) is 13.7. The van der Waals surface area contributed by atoms with E-state index in [1.165, 1.54) is 42.7 Å². The Morgan fingerprint density at radius 1 is 0.946 bits per heavy atom.